The van der Waals surface area contributed by atoms with E-state index in [0.29, 0.717) is 29.0 Å². The molecule has 0 atom stereocenters. The molecule has 0 bridgehead atoms. The maximum atomic E-state index is 13.3. The van der Waals surface area contributed by atoms with Crippen LogP contribution in [0.4, 0.5) is 4.39 Å². The third kappa shape index (κ3) is 3.00. The van der Waals surface area contributed by atoms with Crippen LogP contribution in [0.5, 0.6) is 5.75 Å². The third-order valence-corrected chi connectivity index (χ3v) is 5.68. The molecule has 136 valence electrons. The summed E-state index contributed by atoms with van der Waals surface area (Å²) in [5, 5.41) is 0.781. The lowest BCUT2D eigenvalue weighted by molar-refractivity contribution is 0.103. The summed E-state index contributed by atoms with van der Waals surface area (Å²) in [6.45, 7) is 0.381. The minimum atomic E-state index is -0.294. The Hall–Kier alpha value is -3.31. The van der Waals surface area contributed by atoms with Gasteiger partial charge in [0.05, 0.1) is 15.8 Å². The van der Waals surface area contributed by atoms with E-state index < -0.39 is 0 Å². The van der Waals surface area contributed by atoms with E-state index in [0.717, 1.165) is 20.8 Å². The summed E-state index contributed by atoms with van der Waals surface area (Å²) >= 11 is 1.49. The van der Waals surface area contributed by atoms with Crippen LogP contribution in [0.15, 0.2) is 60.7 Å². The number of carbonyl (C=O) groups excluding carboxylic acids is 1. The Kier molecular flexibility index (Phi) is 4.02. The van der Waals surface area contributed by atoms with Crippen LogP contribution in [-0.2, 0) is 6.61 Å². The summed E-state index contributed by atoms with van der Waals surface area (Å²) in [6, 6.07) is 17.7. The molecule has 0 saturated heterocycles. The Morgan fingerprint density at radius 1 is 1.00 bits per heavy atom. The van der Waals surface area contributed by atoms with Gasteiger partial charge in [0.15, 0.2) is 5.78 Å². The highest BCUT2D eigenvalue weighted by atomic mass is 32.1. The summed E-state index contributed by atoms with van der Waals surface area (Å²) in [5.74, 6) is 0.264. The van der Waals surface area contributed by atoms with Crippen molar-refractivity contribution >= 4 is 39.5 Å². The quantitative estimate of drug-likeness (QED) is 0.441. The lowest BCUT2D eigenvalue weighted by Gasteiger charge is -2.06. The van der Waals surface area contributed by atoms with Gasteiger partial charge in [0, 0.05) is 17.2 Å². The molecule has 0 spiro atoms. The molecular weight excluding hydrogens is 373 g/mol. The van der Waals surface area contributed by atoms with E-state index in [1.165, 1.54) is 23.5 Å². The Morgan fingerprint density at radius 2 is 1.89 bits per heavy atom. The van der Waals surface area contributed by atoms with Gasteiger partial charge < -0.3 is 4.74 Å². The number of benzene rings is 3. The fraction of sp³-hybridized carbons (Fsp3) is 0.0435. The van der Waals surface area contributed by atoms with Crippen molar-refractivity contribution in [2.24, 2.45) is 0 Å². The molecule has 3 nitrogen and oxygen atoms in total. The Labute approximate surface area is 164 Å². The van der Waals surface area contributed by atoms with Gasteiger partial charge in [-0.15, -0.1) is 11.3 Å². The molecule has 1 aliphatic rings. The van der Waals surface area contributed by atoms with Gasteiger partial charge in [0.1, 0.15) is 23.2 Å². The predicted molar refractivity (Wildman–Crippen MR) is 109 cm³/mol. The van der Waals surface area contributed by atoms with Crippen LogP contribution < -0.4 is 4.74 Å². The topological polar surface area (TPSA) is 39.2 Å². The minimum absolute atomic E-state index is 0.0335. The van der Waals surface area contributed by atoms with E-state index in [1.807, 2.05) is 54.6 Å². The lowest BCUT2D eigenvalue weighted by Crippen LogP contribution is -2.02. The van der Waals surface area contributed by atoms with E-state index in [1.54, 1.807) is 6.07 Å². The van der Waals surface area contributed by atoms with Gasteiger partial charge in [-0.2, -0.15) is 0 Å². The van der Waals surface area contributed by atoms with Gasteiger partial charge in [0.2, 0.25) is 0 Å². The second-order valence-corrected chi connectivity index (χ2v) is 7.59. The number of hydrogen-bond donors (Lipinski definition) is 0. The van der Waals surface area contributed by atoms with E-state index in [2.05, 4.69) is 4.98 Å². The highest BCUT2D eigenvalue weighted by Crippen LogP contribution is 2.30. The normalized spacial score (nSPS) is 13.2. The van der Waals surface area contributed by atoms with Crippen molar-refractivity contribution in [2.45, 2.75) is 6.61 Å². The van der Waals surface area contributed by atoms with Crippen molar-refractivity contribution < 1.29 is 13.9 Å². The monoisotopic (exact) mass is 387 g/mol. The molecule has 0 radical (unpaired) electrons. The Balaban J connectivity index is 1.49. The maximum Gasteiger partial charge on any atom is 0.197 e. The molecule has 5 rings (SSSR count). The molecule has 0 aliphatic carbocycles. The summed E-state index contributed by atoms with van der Waals surface area (Å²) in [7, 11) is 0. The molecule has 1 aliphatic heterocycles. The molecule has 5 heteroatoms. The number of rotatable bonds is 2. The summed E-state index contributed by atoms with van der Waals surface area (Å²) < 4.78 is 20.1. The minimum Gasteiger partial charge on any atom is -0.488 e. The van der Waals surface area contributed by atoms with Crippen LogP contribution >= 0.6 is 11.3 Å². The number of carbonyl (C=O) groups is 1. The van der Waals surface area contributed by atoms with E-state index >= 15 is 0 Å². The largest absolute Gasteiger partial charge is 0.488 e. The third-order valence-electron chi connectivity index (χ3n) is 4.68. The van der Waals surface area contributed by atoms with Crippen LogP contribution in [-0.4, -0.2) is 10.8 Å². The number of ether oxygens (including phenoxy) is 1. The number of halogens is 1. The first kappa shape index (κ1) is 16.8. The smallest absolute Gasteiger partial charge is 0.197 e. The number of hydrogen-bond acceptors (Lipinski definition) is 4. The van der Waals surface area contributed by atoms with E-state index in [4.69, 9.17) is 4.74 Å². The van der Waals surface area contributed by atoms with Gasteiger partial charge >= 0.3 is 0 Å². The first-order valence-electron chi connectivity index (χ1n) is 8.81. The van der Waals surface area contributed by atoms with Crippen LogP contribution in [0.1, 0.15) is 32.1 Å². The van der Waals surface area contributed by atoms with Crippen LogP contribution in [0.25, 0.3) is 22.4 Å². The van der Waals surface area contributed by atoms with Crippen molar-refractivity contribution in [1.82, 2.24) is 4.98 Å². The number of fused-ring (bicyclic) bond motifs is 3. The first-order valence-corrected chi connectivity index (χ1v) is 9.63. The fourth-order valence-corrected chi connectivity index (χ4v) is 4.13. The van der Waals surface area contributed by atoms with E-state index in [9.17, 15) is 9.18 Å². The van der Waals surface area contributed by atoms with Crippen molar-refractivity contribution in [2.75, 3.05) is 0 Å². The van der Waals surface area contributed by atoms with Gasteiger partial charge in [-0.05, 0) is 35.9 Å². The molecule has 0 fully saturated rings. The second-order valence-electron chi connectivity index (χ2n) is 6.53. The zero-order valence-corrected chi connectivity index (χ0v) is 15.5. The van der Waals surface area contributed by atoms with E-state index in [-0.39, 0.29) is 11.6 Å². The van der Waals surface area contributed by atoms with Gasteiger partial charge in [-0.25, -0.2) is 9.37 Å². The standard InChI is InChI=1S/C23H14FNO2S/c24-16-7-9-21-19(12-16)25-22(28-21)10-6-14-5-8-20-18(11-14)23(26)17-4-2-1-3-15(17)13-27-20/h1-12H,13H2/b10-6+. The number of aromatic nitrogens is 1. The Bertz CT molecular complexity index is 1260. The van der Waals surface area contributed by atoms with Gasteiger partial charge in [-0.3, -0.25) is 4.79 Å². The number of ketones is 1. The van der Waals surface area contributed by atoms with Crippen molar-refractivity contribution in [3.05, 3.63) is 93.7 Å². The molecule has 0 amide bonds. The zero-order chi connectivity index (χ0) is 19.1. The van der Waals surface area contributed by atoms with Crippen molar-refractivity contribution in [3.8, 4) is 5.75 Å². The summed E-state index contributed by atoms with van der Waals surface area (Å²) in [5.41, 5.74) is 3.64. The molecule has 0 unspecified atom stereocenters. The highest BCUT2D eigenvalue weighted by molar-refractivity contribution is 7.19. The lowest BCUT2D eigenvalue weighted by atomic mass is 9.98. The molecule has 1 aromatic heterocycles. The molecule has 0 saturated carbocycles. The second kappa shape index (κ2) is 6.69. The number of thiazole rings is 1. The number of nitrogens with zero attached hydrogens (tertiary/aromatic N) is 1. The molecule has 0 N–H and O–H groups in total. The molecular formula is C23H14FNO2S. The van der Waals surface area contributed by atoms with Crippen molar-refractivity contribution in [3.63, 3.8) is 0 Å². The average molecular weight is 387 g/mol. The summed E-state index contributed by atoms with van der Waals surface area (Å²) in [4.78, 5) is 17.4. The summed E-state index contributed by atoms with van der Waals surface area (Å²) in [6.07, 6.45) is 3.78. The Morgan fingerprint density at radius 3 is 2.82 bits per heavy atom. The van der Waals surface area contributed by atoms with Crippen LogP contribution in [0.2, 0.25) is 0 Å². The fourth-order valence-electron chi connectivity index (χ4n) is 3.28. The van der Waals surface area contributed by atoms with Gasteiger partial charge in [-0.1, -0.05) is 36.4 Å². The average Bonchev–Trinajstić information content (AvgIpc) is 3.06. The molecule has 28 heavy (non-hydrogen) atoms. The molecule has 2 heterocycles. The SMILES string of the molecule is O=C1c2ccccc2COc2ccc(/C=C/c3nc4cc(F)ccc4s3)cc21. The zero-order valence-electron chi connectivity index (χ0n) is 14.7. The predicted octanol–water partition coefficient (Wildman–Crippen LogP) is 5.73. The molecule has 3 aromatic carbocycles. The van der Waals surface area contributed by atoms with Crippen LogP contribution in [0, 0.1) is 5.82 Å². The van der Waals surface area contributed by atoms with Crippen LogP contribution in [0.3, 0.4) is 0 Å². The first-order chi connectivity index (χ1) is 13.7. The molecule has 4 aromatic rings. The highest BCUT2D eigenvalue weighted by Gasteiger charge is 2.21. The van der Waals surface area contributed by atoms with Gasteiger partial charge in [0.25, 0.3) is 0 Å². The van der Waals surface area contributed by atoms with Crippen molar-refractivity contribution in [1.29, 1.82) is 0 Å². The maximum absolute atomic E-state index is 13.3.